The van der Waals surface area contributed by atoms with Crippen LogP contribution >= 0.6 is 0 Å². The van der Waals surface area contributed by atoms with Gasteiger partial charge in [0, 0.05) is 10.8 Å². The summed E-state index contributed by atoms with van der Waals surface area (Å²) in [7, 11) is -20.6. The summed E-state index contributed by atoms with van der Waals surface area (Å²) in [6, 6.07) is 12.6. The van der Waals surface area contributed by atoms with Gasteiger partial charge in [-0.15, -0.1) is 0 Å². The Labute approximate surface area is 385 Å². The van der Waals surface area contributed by atoms with Gasteiger partial charge in [0.05, 0.1) is 37.4 Å². The smallest absolute Gasteiger partial charge is 0.871 e. The van der Waals surface area contributed by atoms with Crippen molar-refractivity contribution in [3.8, 4) is 5.75 Å². The van der Waals surface area contributed by atoms with Crippen LogP contribution < -0.4 is 123 Å². The van der Waals surface area contributed by atoms with Gasteiger partial charge in [0.15, 0.2) is 0 Å². The molecular formula is C27H16N4Na4O13S4. The predicted octanol–water partition coefficient (Wildman–Crippen LogP) is -7.82. The van der Waals surface area contributed by atoms with Crippen LogP contribution in [-0.4, -0.2) is 51.9 Å². The van der Waals surface area contributed by atoms with E-state index < -0.39 is 76.9 Å². The molecule has 0 unspecified atom stereocenters. The van der Waals surface area contributed by atoms with Crippen molar-refractivity contribution in [2.75, 3.05) is 0 Å². The van der Waals surface area contributed by atoms with E-state index in [1.165, 1.54) is 30.3 Å². The Kier molecular flexibility index (Phi) is 17.5. The summed E-state index contributed by atoms with van der Waals surface area (Å²) in [5.74, 6) is -0.842. The third-order valence-corrected chi connectivity index (χ3v) is 10.1. The average Bonchev–Trinajstić information content (AvgIpc) is 2.97. The summed E-state index contributed by atoms with van der Waals surface area (Å²) in [4.78, 5) is -3.85. The first-order valence-electron chi connectivity index (χ1n) is 12.8. The molecule has 1 N–H and O–H groups in total. The average molecular weight is 825 g/mol. The van der Waals surface area contributed by atoms with E-state index in [-0.39, 0.29) is 151 Å². The number of aryl methyl sites for hydroxylation is 1. The van der Waals surface area contributed by atoms with Crippen molar-refractivity contribution in [3.63, 3.8) is 0 Å². The van der Waals surface area contributed by atoms with E-state index in [0.717, 1.165) is 30.3 Å². The van der Waals surface area contributed by atoms with Crippen molar-refractivity contribution >= 4 is 84.8 Å². The van der Waals surface area contributed by atoms with E-state index >= 15 is 0 Å². The van der Waals surface area contributed by atoms with E-state index in [2.05, 4.69) is 20.5 Å². The molecule has 0 aromatic heterocycles. The molecule has 5 aromatic rings. The van der Waals surface area contributed by atoms with E-state index in [4.69, 9.17) is 0 Å². The van der Waals surface area contributed by atoms with Crippen LogP contribution in [0.4, 0.5) is 22.7 Å². The van der Waals surface area contributed by atoms with E-state index in [9.17, 15) is 57.0 Å². The van der Waals surface area contributed by atoms with Crippen LogP contribution in [0.3, 0.4) is 0 Å². The van der Waals surface area contributed by atoms with Gasteiger partial charge in [-0.1, -0.05) is 23.9 Å². The minimum absolute atomic E-state index is 0. The molecule has 0 amide bonds. The SMILES string of the molecule is Cc1cc(N=Nc2ccc3cc(S(=O)(=O)[O-])cc(S(=O)(=O)[O-])c3c2)ccc1N=Nc1c([O-])ccc2cc(S(=O)(=O)[O-])cc(S(=O)(=O)O)c12.[Na+].[Na+].[Na+].[Na+]. The van der Waals surface area contributed by atoms with Crippen molar-refractivity contribution < 1.29 is 175 Å². The Hall–Kier alpha value is -0.740. The van der Waals surface area contributed by atoms with Gasteiger partial charge in [0.25, 0.3) is 10.1 Å². The number of azo groups is 2. The Morgan fingerprint density at radius 2 is 1.06 bits per heavy atom. The number of nitrogens with zero attached hydrogens (tertiary/aromatic N) is 4. The fourth-order valence-corrected chi connectivity index (χ4v) is 7.22. The van der Waals surface area contributed by atoms with Gasteiger partial charge in [-0.2, -0.15) is 28.9 Å². The number of hydrogen-bond donors (Lipinski definition) is 1. The summed E-state index contributed by atoms with van der Waals surface area (Å²) in [5, 5.41) is 27.6. The van der Waals surface area contributed by atoms with Gasteiger partial charge >= 0.3 is 118 Å². The number of hydrogen-bond acceptors (Lipinski definition) is 16. The third kappa shape index (κ3) is 11.4. The first kappa shape index (κ1) is 49.3. The summed E-state index contributed by atoms with van der Waals surface area (Å²) in [6.07, 6.45) is 0. The van der Waals surface area contributed by atoms with Gasteiger partial charge in [-0.05, 0) is 77.9 Å². The van der Waals surface area contributed by atoms with Crippen molar-refractivity contribution in [2.24, 2.45) is 20.5 Å². The predicted molar refractivity (Wildman–Crippen MR) is 161 cm³/mol. The van der Waals surface area contributed by atoms with Gasteiger partial charge < -0.3 is 18.8 Å². The Morgan fingerprint density at radius 1 is 0.558 bits per heavy atom. The molecule has 0 heterocycles. The molecule has 0 spiro atoms. The third-order valence-electron chi connectivity index (χ3n) is 6.71. The topological polar surface area (TPSA) is 298 Å². The molecule has 25 heteroatoms. The molecule has 0 aliphatic heterocycles. The number of rotatable bonds is 8. The second kappa shape index (κ2) is 18.5. The van der Waals surface area contributed by atoms with Gasteiger partial charge in [0.1, 0.15) is 35.2 Å². The van der Waals surface area contributed by atoms with Crippen LogP contribution in [0.15, 0.2) is 113 Å². The maximum Gasteiger partial charge on any atom is 1.00 e. The zero-order valence-corrected chi connectivity index (χ0v) is 39.0. The summed E-state index contributed by atoms with van der Waals surface area (Å²) in [6.45, 7) is 1.56. The molecular weight excluding hydrogens is 809 g/mol. The van der Waals surface area contributed by atoms with E-state index in [1.807, 2.05) is 0 Å². The van der Waals surface area contributed by atoms with Gasteiger partial charge in [-0.3, -0.25) is 4.55 Å². The zero-order chi connectivity index (χ0) is 35.4. The van der Waals surface area contributed by atoms with Crippen molar-refractivity contribution in [3.05, 3.63) is 78.4 Å². The molecule has 5 aromatic carbocycles. The first-order valence-corrected chi connectivity index (χ1v) is 18.4. The molecule has 0 fully saturated rings. The van der Waals surface area contributed by atoms with E-state index in [1.54, 1.807) is 6.92 Å². The molecule has 52 heavy (non-hydrogen) atoms. The summed E-state index contributed by atoms with van der Waals surface area (Å²) >= 11 is 0. The molecule has 250 valence electrons. The number of benzene rings is 5. The van der Waals surface area contributed by atoms with E-state index in [0.29, 0.717) is 17.7 Å². The standard InChI is InChI=1S/C27H20N4O13S4.4Na/c1-14-8-17(28-29-18-4-2-15-9-19(45(33,34)35)12-24(21(15)11-18)47(39,40)41)5-6-22(14)30-31-27-23(32)7-3-16-10-20(46(36,37)38)13-25(26(16)27)48(42,43)44;;;;/h2-13,32H,1H3,(H,33,34,35)(H,36,37,38)(H,39,40,41)(H,42,43,44);;;;/q;4*+1/p-4. The second-order valence-corrected chi connectivity index (χ2v) is 15.5. The normalized spacial score (nSPS) is 12.2. The maximum absolute atomic E-state index is 12.7. The number of fused-ring (bicyclic) bond motifs is 2. The van der Waals surface area contributed by atoms with Crippen molar-refractivity contribution in [1.29, 1.82) is 0 Å². The van der Waals surface area contributed by atoms with Crippen LogP contribution in [0.2, 0.25) is 0 Å². The van der Waals surface area contributed by atoms with Gasteiger partial charge in [0.2, 0.25) is 0 Å². The van der Waals surface area contributed by atoms with Crippen LogP contribution in [0, 0.1) is 6.92 Å². The molecule has 0 saturated heterocycles. The van der Waals surface area contributed by atoms with Crippen LogP contribution in [0.1, 0.15) is 5.56 Å². The Balaban J connectivity index is 0.00000338. The van der Waals surface area contributed by atoms with Crippen LogP contribution in [0.5, 0.6) is 5.75 Å². The quantitative estimate of drug-likeness (QED) is 0.0865. The first-order chi connectivity index (χ1) is 22.1. The van der Waals surface area contributed by atoms with Crippen molar-refractivity contribution in [2.45, 2.75) is 26.5 Å². The largest absolute Gasteiger partial charge is 1.00 e. The summed E-state index contributed by atoms with van der Waals surface area (Å²) in [5.41, 5.74) is 0.257. The molecule has 0 aliphatic carbocycles. The minimum atomic E-state index is -5.21. The molecule has 0 atom stereocenters. The summed E-state index contributed by atoms with van der Waals surface area (Å²) < 4.78 is 138. The minimum Gasteiger partial charge on any atom is -0.871 e. The van der Waals surface area contributed by atoms with Crippen molar-refractivity contribution in [1.82, 2.24) is 0 Å². The van der Waals surface area contributed by atoms with Crippen LogP contribution in [0.25, 0.3) is 21.5 Å². The molecule has 0 radical (unpaired) electrons. The molecule has 5 rings (SSSR count). The van der Waals surface area contributed by atoms with Crippen LogP contribution in [-0.2, 0) is 40.5 Å². The monoisotopic (exact) mass is 824 g/mol. The maximum atomic E-state index is 12.7. The molecule has 0 aliphatic rings. The Bertz CT molecular complexity index is 2710. The fourth-order valence-electron chi connectivity index (χ4n) is 4.54. The second-order valence-electron chi connectivity index (χ2n) is 9.97. The Morgan fingerprint density at radius 3 is 1.58 bits per heavy atom. The fraction of sp³-hybridized carbons (Fsp3) is 0.0370. The molecule has 17 nitrogen and oxygen atoms in total. The zero-order valence-electron chi connectivity index (χ0n) is 27.7. The van der Waals surface area contributed by atoms with Gasteiger partial charge in [-0.25, -0.2) is 25.3 Å². The molecule has 0 bridgehead atoms. The molecule has 0 saturated carbocycles.